The highest BCUT2D eigenvalue weighted by molar-refractivity contribution is 7.89. The third-order valence-electron chi connectivity index (χ3n) is 3.70. The van der Waals surface area contributed by atoms with Crippen LogP contribution in [0.2, 0.25) is 0 Å². The number of nitrogens with zero attached hydrogens (tertiary/aromatic N) is 4. The van der Waals surface area contributed by atoms with Crippen molar-refractivity contribution in [1.82, 2.24) is 19.0 Å². The lowest BCUT2D eigenvalue weighted by Crippen LogP contribution is -2.31. The van der Waals surface area contributed by atoms with E-state index in [1.165, 1.54) is 56.9 Å². The summed E-state index contributed by atoms with van der Waals surface area (Å²) in [5.74, 6) is 0. The lowest BCUT2D eigenvalue weighted by atomic mass is 10.1. The summed E-state index contributed by atoms with van der Waals surface area (Å²) in [6.07, 6.45) is 7.99. The molecule has 114 valence electrons. The van der Waals surface area contributed by atoms with E-state index in [4.69, 9.17) is 0 Å². The maximum atomic E-state index is 11.9. The standard InChI is InChI=1S/C13H24N4O2S/c1-15(2)20(18,19)13-11-14-17(12-13)10-6-9-16-7-4-3-5-8-16/h11-12H,3-10H2,1-2H3. The monoisotopic (exact) mass is 300 g/mol. The topological polar surface area (TPSA) is 58.4 Å². The van der Waals surface area contributed by atoms with Crippen LogP contribution in [-0.4, -0.2) is 61.1 Å². The molecule has 0 aliphatic carbocycles. The SMILES string of the molecule is CN(C)S(=O)(=O)c1cnn(CCCN2CCCCC2)c1. The van der Waals surface area contributed by atoms with E-state index < -0.39 is 10.0 Å². The van der Waals surface area contributed by atoms with Crippen molar-refractivity contribution >= 4 is 10.0 Å². The number of sulfonamides is 1. The molecule has 1 aromatic heterocycles. The highest BCUT2D eigenvalue weighted by atomic mass is 32.2. The predicted molar refractivity (Wildman–Crippen MR) is 78.0 cm³/mol. The highest BCUT2D eigenvalue weighted by Gasteiger charge is 2.19. The smallest absolute Gasteiger partial charge is 0.245 e. The Morgan fingerprint density at radius 3 is 2.55 bits per heavy atom. The number of hydrogen-bond acceptors (Lipinski definition) is 4. The molecule has 0 radical (unpaired) electrons. The number of rotatable bonds is 6. The molecule has 7 heteroatoms. The molecule has 1 fully saturated rings. The van der Waals surface area contributed by atoms with Crippen molar-refractivity contribution in [2.45, 2.75) is 37.1 Å². The zero-order valence-corrected chi connectivity index (χ0v) is 13.1. The molecule has 1 aliphatic rings. The summed E-state index contributed by atoms with van der Waals surface area (Å²) < 4.78 is 26.8. The number of piperidine rings is 1. The fourth-order valence-corrected chi connectivity index (χ4v) is 3.31. The number of aryl methyl sites for hydroxylation is 1. The van der Waals surface area contributed by atoms with Gasteiger partial charge in [0.2, 0.25) is 10.0 Å². The van der Waals surface area contributed by atoms with Crippen LogP contribution in [0.5, 0.6) is 0 Å². The molecule has 0 amide bonds. The van der Waals surface area contributed by atoms with E-state index in [2.05, 4.69) is 10.00 Å². The van der Waals surface area contributed by atoms with E-state index in [-0.39, 0.29) is 4.90 Å². The summed E-state index contributed by atoms with van der Waals surface area (Å²) in [6.45, 7) is 4.22. The minimum Gasteiger partial charge on any atom is -0.303 e. The van der Waals surface area contributed by atoms with Gasteiger partial charge >= 0.3 is 0 Å². The number of aromatic nitrogens is 2. The fraction of sp³-hybridized carbons (Fsp3) is 0.769. The van der Waals surface area contributed by atoms with Gasteiger partial charge in [0.1, 0.15) is 4.90 Å². The fourth-order valence-electron chi connectivity index (χ4n) is 2.45. The Kier molecular flexibility index (Phi) is 5.17. The lowest BCUT2D eigenvalue weighted by molar-refractivity contribution is 0.222. The first-order valence-electron chi connectivity index (χ1n) is 7.17. The molecule has 20 heavy (non-hydrogen) atoms. The highest BCUT2D eigenvalue weighted by Crippen LogP contribution is 2.12. The second-order valence-electron chi connectivity index (χ2n) is 5.48. The van der Waals surface area contributed by atoms with Crippen LogP contribution < -0.4 is 0 Å². The molecule has 0 unspecified atom stereocenters. The summed E-state index contributed by atoms with van der Waals surface area (Å²) in [5, 5.41) is 4.14. The maximum Gasteiger partial charge on any atom is 0.245 e. The summed E-state index contributed by atoms with van der Waals surface area (Å²) in [4.78, 5) is 2.74. The van der Waals surface area contributed by atoms with E-state index in [0.717, 1.165) is 19.5 Å². The largest absolute Gasteiger partial charge is 0.303 e. The first-order chi connectivity index (χ1) is 9.50. The molecule has 1 aromatic rings. The summed E-state index contributed by atoms with van der Waals surface area (Å²) in [6, 6.07) is 0. The van der Waals surface area contributed by atoms with Crippen molar-refractivity contribution in [1.29, 1.82) is 0 Å². The van der Waals surface area contributed by atoms with E-state index >= 15 is 0 Å². The van der Waals surface area contributed by atoms with Gasteiger partial charge in [-0.1, -0.05) is 6.42 Å². The first-order valence-corrected chi connectivity index (χ1v) is 8.61. The average molecular weight is 300 g/mol. The Morgan fingerprint density at radius 1 is 1.20 bits per heavy atom. The van der Waals surface area contributed by atoms with Gasteiger partial charge in [-0.25, -0.2) is 12.7 Å². The molecule has 0 atom stereocenters. The van der Waals surface area contributed by atoms with Crippen molar-refractivity contribution in [2.24, 2.45) is 0 Å². The molecule has 0 aromatic carbocycles. The molecule has 0 spiro atoms. The molecular formula is C13H24N4O2S. The second kappa shape index (κ2) is 6.69. The summed E-state index contributed by atoms with van der Waals surface area (Å²) >= 11 is 0. The van der Waals surface area contributed by atoms with Gasteiger partial charge in [0.05, 0.1) is 6.20 Å². The number of likely N-dealkylation sites (tertiary alicyclic amines) is 1. The molecule has 0 N–H and O–H groups in total. The quantitative estimate of drug-likeness (QED) is 0.787. The van der Waals surface area contributed by atoms with E-state index in [1.807, 2.05) is 0 Å². The van der Waals surface area contributed by atoms with Crippen LogP contribution in [0, 0.1) is 0 Å². The first kappa shape index (κ1) is 15.5. The van der Waals surface area contributed by atoms with Crippen molar-refractivity contribution in [2.75, 3.05) is 33.7 Å². The van der Waals surface area contributed by atoms with Gasteiger partial charge in [0, 0.05) is 26.8 Å². The molecule has 1 saturated heterocycles. The number of hydrogen-bond donors (Lipinski definition) is 0. The molecule has 6 nitrogen and oxygen atoms in total. The van der Waals surface area contributed by atoms with Gasteiger partial charge in [0.25, 0.3) is 0 Å². The van der Waals surface area contributed by atoms with Gasteiger partial charge in [0.15, 0.2) is 0 Å². The minimum atomic E-state index is -3.36. The van der Waals surface area contributed by atoms with Crippen LogP contribution >= 0.6 is 0 Å². The molecular weight excluding hydrogens is 276 g/mol. The van der Waals surface area contributed by atoms with Crippen LogP contribution in [0.1, 0.15) is 25.7 Å². The Hall–Kier alpha value is -0.920. The Labute approximate surface area is 121 Å². The third-order valence-corrected chi connectivity index (χ3v) is 5.47. The van der Waals surface area contributed by atoms with Gasteiger partial charge in [-0.15, -0.1) is 0 Å². The van der Waals surface area contributed by atoms with Gasteiger partial charge in [-0.05, 0) is 38.9 Å². The molecule has 1 aliphatic heterocycles. The predicted octanol–water partition coefficient (Wildman–Crippen LogP) is 1.01. The third kappa shape index (κ3) is 3.80. The van der Waals surface area contributed by atoms with Crippen LogP contribution in [0.3, 0.4) is 0 Å². The van der Waals surface area contributed by atoms with Crippen LogP contribution in [0.4, 0.5) is 0 Å². The lowest BCUT2D eigenvalue weighted by Gasteiger charge is -2.26. The van der Waals surface area contributed by atoms with Crippen LogP contribution in [0.15, 0.2) is 17.3 Å². The van der Waals surface area contributed by atoms with Gasteiger partial charge in [-0.2, -0.15) is 5.10 Å². The Balaban J connectivity index is 1.84. The average Bonchev–Trinajstić information content (AvgIpc) is 2.89. The van der Waals surface area contributed by atoms with Crippen LogP contribution in [0.25, 0.3) is 0 Å². The van der Waals surface area contributed by atoms with E-state index in [0.29, 0.717) is 0 Å². The molecule has 0 bridgehead atoms. The van der Waals surface area contributed by atoms with Crippen molar-refractivity contribution < 1.29 is 8.42 Å². The Morgan fingerprint density at radius 2 is 1.90 bits per heavy atom. The van der Waals surface area contributed by atoms with E-state index in [1.54, 1.807) is 10.9 Å². The molecule has 0 saturated carbocycles. The second-order valence-corrected chi connectivity index (χ2v) is 7.63. The van der Waals surface area contributed by atoms with Crippen molar-refractivity contribution in [3.8, 4) is 0 Å². The maximum absolute atomic E-state index is 11.9. The van der Waals surface area contributed by atoms with Crippen LogP contribution in [-0.2, 0) is 16.6 Å². The minimum absolute atomic E-state index is 0.264. The zero-order valence-electron chi connectivity index (χ0n) is 12.3. The summed E-state index contributed by atoms with van der Waals surface area (Å²) in [7, 11) is -0.300. The summed E-state index contributed by atoms with van der Waals surface area (Å²) in [5.41, 5.74) is 0. The van der Waals surface area contributed by atoms with Crippen molar-refractivity contribution in [3.63, 3.8) is 0 Å². The zero-order chi connectivity index (χ0) is 14.6. The van der Waals surface area contributed by atoms with Gasteiger partial charge in [-0.3, -0.25) is 4.68 Å². The Bertz CT molecular complexity index is 518. The molecule has 2 rings (SSSR count). The molecule has 2 heterocycles. The normalized spacial score (nSPS) is 17.8. The van der Waals surface area contributed by atoms with Crippen molar-refractivity contribution in [3.05, 3.63) is 12.4 Å². The van der Waals surface area contributed by atoms with Gasteiger partial charge < -0.3 is 4.90 Å². The van der Waals surface area contributed by atoms with E-state index in [9.17, 15) is 8.42 Å².